The molecule has 3 fully saturated rings. The van der Waals surface area contributed by atoms with Crippen molar-refractivity contribution in [1.82, 2.24) is 4.90 Å². The van der Waals surface area contributed by atoms with Gasteiger partial charge in [0.15, 0.2) is 0 Å². The maximum absolute atomic E-state index is 12.3. The third-order valence-electron chi connectivity index (χ3n) is 7.51. The second-order valence-corrected chi connectivity index (χ2v) is 9.43. The molecule has 1 saturated carbocycles. The molecule has 0 aromatic heterocycles. The van der Waals surface area contributed by atoms with Gasteiger partial charge in [-0.2, -0.15) is 0 Å². The Hall–Kier alpha value is -1.26. The number of halogens is 1. The van der Waals surface area contributed by atoms with Gasteiger partial charge in [-0.05, 0) is 76.5 Å². The monoisotopic (exact) mass is 388 g/mol. The van der Waals surface area contributed by atoms with E-state index in [4.69, 9.17) is 16.3 Å². The molecule has 4 unspecified atom stereocenters. The van der Waals surface area contributed by atoms with E-state index in [1.807, 2.05) is 11.0 Å². The molecule has 3 aliphatic heterocycles. The summed E-state index contributed by atoms with van der Waals surface area (Å²) in [5.41, 5.74) is 2.12. The number of rotatable bonds is 3. The predicted molar refractivity (Wildman–Crippen MR) is 108 cm³/mol. The lowest BCUT2D eigenvalue weighted by Gasteiger charge is -2.49. The van der Waals surface area contributed by atoms with E-state index in [2.05, 4.69) is 18.0 Å². The summed E-state index contributed by atoms with van der Waals surface area (Å²) in [6.07, 6.45) is 11.8. The zero-order valence-electron chi connectivity index (χ0n) is 16.1. The zero-order chi connectivity index (χ0) is 18.5. The molecule has 0 spiro atoms. The van der Waals surface area contributed by atoms with Gasteiger partial charge in [0.25, 0.3) is 0 Å². The molecule has 5 heteroatoms. The van der Waals surface area contributed by atoms with Crippen LogP contribution in [0, 0.1) is 0 Å². The number of nitrogens with zero attached hydrogens (tertiary/aromatic N) is 2. The molecule has 0 N–H and O–H groups in total. The van der Waals surface area contributed by atoms with Crippen molar-refractivity contribution in [2.45, 2.75) is 87.9 Å². The lowest BCUT2D eigenvalue weighted by atomic mass is 9.79. The molecule has 146 valence electrons. The van der Waals surface area contributed by atoms with Crippen molar-refractivity contribution in [3.8, 4) is 5.75 Å². The summed E-state index contributed by atoms with van der Waals surface area (Å²) < 4.78 is 6.41. The molecule has 1 aliphatic carbocycles. The minimum absolute atomic E-state index is 0.238. The molecule has 3 heterocycles. The second-order valence-electron chi connectivity index (χ2n) is 8.99. The molecule has 4 atom stereocenters. The van der Waals surface area contributed by atoms with Crippen LogP contribution in [0.2, 0.25) is 5.02 Å². The van der Waals surface area contributed by atoms with Crippen molar-refractivity contribution in [3.05, 3.63) is 22.7 Å². The Labute approximate surface area is 166 Å². The number of hydrogen-bond donors (Lipinski definition) is 0. The minimum Gasteiger partial charge on any atom is -0.488 e. The summed E-state index contributed by atoms with van der Waals surface area (Å²) in [4.78, 5) is 16.8. The Kier molecular flexibility index (Phi) is 4.60. The van der Waals surface area contributed by atoms with Crippen LogP contribution < -0.4 is 9.64 Å². The number of carbonyl (C=O) groups excluding carboxylic acids is 1. The Balaban J connectivity index is 1.51. The van der Waals surface area contributed by atoms with E-state index in [9.17, 15) is 4.79 Å². The Morgan fingerprint density at radius 2 is 1.85 bits per heavy atom. The lowest BCUT2D eigenvalue weighted by Crippen LogP contribution is -2.55. The average molecular weight is 389 g/mol. The number of hydrogen-bond acceptors (Lipinski definition) is 3. The zero-order valence-corrected chi connectivity index (χ0v) is 16.8. The molecule has 27 heavy (non-hydrogen) atoms. The van der Waals surface area contributed by atoms with Crippen molar-refractivity contribution in [2.75, 3.05) is 11.9 Å². The van der Waals surface area contributed by atoms with E-state index in [-0.39, 0.29) is 6.04 Å². The summed E-state index contributed by atoms with van der Waals surface area (Å²) in [5.74, 6) is 1.45. The molecule has 1 aromatic carbocycles. The van der Waals surface area contributed by atoms with Gasteiger partial charge in [0, 0.05) is 28.7 Å². The standard InChI is InChI=1S/C22H29ClN2O2/c1-24-16-5-3-6-17(24)12-18(11-16)25(13-26)21-10-15(23)9-20-14-4-2-7-19(8-14)27-22(20)21/h9-10,13-14,16-19H,2-8,11-12H2,1H3. The van der Waals surface area contributed by atoms with Crippen LogP contribution in [0.4, 0.5) is 5.69 Å². The first-order valence-electron chi connectivity index (χ1n) is 10.6. The molecular formula is C22H29ClN2O2. The van der Waals surface area contributed by atoms with Crippen molar-refractivity contribution in [2.24, 2.45) is 0 Å². The molecule has 4 bridgehead atoms. The number of anilines is 1. The number of fused-ring (bicyclic) bond motifs is 6. The van der Waals surface area contributed by atoms with E-state index >= 15 is 0 Å². The number of carbonyl (C=O) groups is 1. The topological polar surface area (TPSA) is 32.8 Å². The highest BCUT2D eigenvalue weighted by molar-refractivity contribution is 6.31. The predicted octanol–water partition coefficient (Wildman–Crippen LogP) is 4.74. The fraction of sp³-hybridized carbons (Fsp3) is 0.682. The number of benzene rings is 1. The van der Waals surface area contributed by atoms with E-state index in [1.54, 1.807) is 0 Å². The van der Waals surface area contributed by atoms with Gasteiger partial charge in [-0.25, -0.2) is 0 Å². The highest BCUT2D eigenvalue weighted by Gasteiger charge is 2.40. The van der Waals surface area contributed by atoms with Crippen LogP contribution in [-0.2, 0) is 4.79 Å². The van der Waals surface area contributed by atoms with Crippen molar-refractivity contribution in [1.29, 1.82) is 0 Å². The van der Waals surface area contributed by atoms with Crippen LogP contribution >= 0.6 is 11.6 Å². The summed E-state index contributed by atoms with van der Waals surface area (Å²) in [6.45, 7) is 0. The number of ether oxygens (including phenoxy) is 1. The maximum atomic E-state index is 12.3. The van der Waals surface area contributed by atoms with Crippen molar-refractivity contribution in [3.63, 3.8) is 0 Å². The van der Waals surface area contributed by atoms with E-state index in [0.717, 1.165) is 48.6 Å². The molecular weight excluding hydrogens is 360 g/mol. The highest BCUT2D eigenvalue weighted by atomic mass is 35.5. The molecule has 4 nitrogen and oxygen atoms in total. The van der Waals surface area contributed by atoms with Gasteiger partial charge in [-0.3, -0.25) is 4.79 Å². The first-order chi connectivity index (χ1) is 13.1. The summed E-state index contributed by atoms with van der Waals surface area (Å²) in [6, 6.07) is 5.42. The van der Waals surface area contributed by atoms with Crippen molar-refractivity contribution >= 4 is 23.7 Å². The fourth-order valence-corrected chi connectivity index (χ4v) is 6.30. The molecule has 4 aliphatic rings. The number of amides is 1. The van der Waals surface area contributed by atoms with Crippen molar-refractivity contribution < 1.29 is 9.53 Å². The largest absolute Gasteiger partial charge is 0.488 e. The molecule has 1 amide bonds. The first kappa shape index (κ1) is 17.8. The van der Waals surface area contributed by atoms with Gasteiger partial charge in [0.2, 0.25) is 6.41 Å². The van der Waals surface area contributed by atoms with Crippen LogP contribution in [0.3, 0.4) is 0 Å². The van der Waals surface area contributed by atoms with E-state index < -0.39 is 0 Å². The van der Waals surface area contributed by atoms with E-state index in [0.29, 0.717) is 24.1 Å². The van der Waals surface area contributed by atoms with Crippen LogP contribution in [0.15, 0.2) is 12.1 Å². The Bertz CT molecular complexity index is 725. The summed E-state index contributed by atoms with van der Waals surface area (Å²) >= 11 is 6.51. The fourth-order valence-electron chi connectivity index (χ4n) is 6.08. The summed E-state index contributed by atoms with van der Waals surface area (Å²) in [7, 11) is 2.25. The number of piperidine rings is 2. The van der Waals surface area contributed by atoms with E-state index in [1.165, 1.54) is 37.7 Å². The lowest BCUT2D eigenvalue weighted by molar-refractivity contribution is -0.108. The smallest absolute Gasteiger partial charge is 0.214 e. The van der Waals surface area contributed by atoms with Gasteiger partial charge in [0.05, 0.1) is 11.8 Å². The van der Waals surface area contributed by atoms with Gasteiger partial charge < -0.3 is 14.5 Å². The first-order valence-corrected chi connectivity index (χ1v) is 11.0. The SMILES string of the molecule is CN1C2CCCC1CC(N(C=O)c1cc(Cl)cc3c1OC1CCCC3C1)C2. The molecule has 0 radical (unpaired) electrons. The van der Waals surface area contributed by atoms with Crippen LogP contribution in [0.1, 0.15) is 69.3 Å². The minimum atomic E-state index is 0.238. The van der Waals surface area contributed by atoms with Crippen LogP contribution in [0.5, 0.6) is 5.75 Å². The molecule has 1 aromatic rings. The normalized spacial score (nSPS) is 35.1. The average Bonchev–Trinajstić information content (AvgIpc) is 2.64. The van der Waals surface area contributed by atoms with Gasteiger partial charge in [-0.1, -0.05) is 18.0 Å². The Morgan fingerprint density at radius 3 is 2.59 bits per heavy atom. The third kappa shape index (κ3) is 3.05. The van der Waals surface area contributed by atoms with Gasteiger partial charge in [-0.15, -0.1) is 0 Å². The Morgan fingerprint density at radius 1 is 1.11 bits per heavy atom. The van der Waals surface area contributed by atoms with Gasteiger partial charge in [0.1, 0.15) is 5.75 Å². The highest BCUT2D eigenvalue weighted by Crippen LogP contribution is 2.50. The van der Waals surface area contributed by atoms with Gasteiger partial charge >= 0.3 is 0 Å². The van der Waals surface area contributed by atoms with Crippen LogP contribution in [0.25, 0.3) is 0 Å². The van der Waals surface area contributed by atoms with Crippen LogP contribution in [-0.4, -0.2) is 42.6 Å². The maximum Gasteiger partial charge on any atom is 0.214 e. The second kappa shape index (κ2) is 6.97. The molecule has 5 rings (SSSR count). The molecule has 2 saturated heterocycles. The summed E-state index contributed by atoms with van der Waals surface area (Å²) in [5, 5.41) is 0.719. The third-order valence-corrected chi connectivity index (χ3v) is 7.73. The quantitative estimate of drug-likeness (QED) is 0.701.